The summed E-state index contributed by atoms with van der Waals surface area (Å²) < 4.78 is 4.99. The summed E-state index contributed by atoms with van der Waals surface area (Å²) in [5, 5.41) is 10.6. The van der Waals surface area contributed by atoms with E-state index in [4.69, 9.17) is 27.6 Å². The Labute approximate surface area is 78.3 Å². The molecule has 2 nitrogen and oxygen atoms in total. The van der Waals surface area contributed by atoms with Crippen LogP contribution >= 0.6 is 23.2 Å². The average molecular weight is 203 g/mol. The van der Waals surface area contributed by atoms with Crippen molar-refractivity contribution in [2.75, 3.05) is 0 Å². The van der Waals surface area contributed by atoms with Gasteiger partial charge in [-0.05, 0) is 6.07 Å². The molecule has 2 aromatic rings. The second kappa shape index (κ2) is 2.57. The highest BCUT2D eigenvalue weighted by atomic mass is 35.5. The zero-order valence-electron chi connectivity index (χ0n) is 5.84. The monoisotopic (exact) mass is 202 g/mol. The van der Waals surface area contributed by atoms with Gasteiger partial charge in [0.1, 0.15) is 11.8 Å². The first-order valence-corrected chi connectivity index (χ1v) is 3.99. The molecule has 0 aliphatic carbocycles. The highest BCUT2D eigenvalue weighted by Gasteiger charge is 2.07. The maximum atomic E-state index is 9.23. The highest BCUT2D eigenvalue weighted by molar-refractivity contribution is 6.42. The van der Waals surface area contributed by atoms with E-state index >= 15 is 0 Å². The molecular weight excluding hydrogens is 199 g/mol. The van der Waals surface area contributed by atoms with Gasteiger partial charge in [0.05, 0.1) is 15.4 Å². The van der Waals surface area contributed by atoms with E-state index in [1.54, 1.807) is 12.1 Å². The molecule has 0 saturated carbocycles. The van der Waals surface area contributed by atoms with Crippen LogP contribution in [0.15, 0.2) is 22.8 Å². The SMILES string of the molecule is Oc1coc2cc(Cl)c(Cl)cc12. The molecule has 1 N–H and O–H groups in total. The number of hydrogen-bond acceptors (Lipinski definition) is 2. The first-order valence-electron chi connectivity index (χ1n) is 3.23. The van der Waals surface area contributed by atoms with Crippen molar-refractivity contribution in [2.45, 2.75) is 0 Å². The van der Waals surface area contributed by atoms with Crippen LogP contribution in [0.5, 0.6) is 5.75 Å². The van der Waals surface area contributed by atoms with Gasteiger partial charge < -0.3 is 9.52 Å². The normalized spacial score (nSPS) is 10.8. The van der Waals surface area contributed by atoms with Gasteiger partial charge in [0.25, 0.3) is 0 Å². The number of rotatable bonds is 0. The topological polar surface area (TPSA) is 33.4 Å². The Hall–Kier alpha value is -0.860. The van der Waals surface area contributed by atoms with Crippen molar-refractivity contribution >= 4 is 34.2 Å². The first-order chi connectivity index (χ1) is 5.68. The van der Waals surface area contributed by atoms with Gasteiger partial charge in [0, 0.05) is 6.07 Å². The van der Waals surface area contributed by atoms with Gasteiger partial charge >= 0.3 is 0 Å². The molecule has 4 heteroatoms. The third kappa shape index (κ3) is 1.04. The Morgan fingerprint density at radius 1 is 1.17 bits per heavy atom. The van der Waals surface area contributed by atoms with Crippen LogP contribution in [0.25, 0.3) is 11.0 Å². The van der Waals surface area contributed by atoms with Gasteiger partial charge in [0.2, 0.25) is 0 Å². The lowest BCUT2D eigenvalue weighted by atomic mass is 10.2. The summed E-state index contributed by atoms with van der Waals surface area (Å²) in [5.74, 6) is 0.0727. The van der Waals surface area contributed by atoms with Crippen molar-refractivity contribution in [3.05, 3.63) is 28.4 Å². The van der Waals surface area contributed by atoms with Crippen LogP contribution in [0.3, 0.4) is 0 Å². The quantitative estimate of drug-likeness (QED) is 0.711. The Kier molecular flexibility index (Phi) is 1.67. The van der Waals surface area contributed by atoms with Crippen molar-refractivity contribution in [3.63, 3.8) is 0 Å². The molecule has 0 atom stereocenters. The standard InChI is InChI=1S/C8H4Cl2O2/c9-5-1-4-7(11)3-12-8(4)2-6(5)10/h1-3,11H. The van der Waals surface area contributed by atoms with Gasteiger partial charge in [-0.1, -0.05) is 23.2 Å². The van der Waals surface area contributed by atoms with Gasteiger partial charge in [0.15, 0.2) is 5.75 Å². The molecule has 0 radical (unpaired) electrons. The lowest BCUT2D eigenvalue weighted by Crippen LogP contribution is -1.68. The van der Waals surface area contributed by atoms with Gasteiger partial charge in [-0.3, -0.25) is 0 Å². The molecule has 0 amide bonds. The number of hydrogen-bond donors (Lipinski definition) is 1. The predicted molar refractivity (Wildman–Crippen MR) is 47.9 cm³/mol. The van der Waals surface area contributed by atoms with Crippen molar-refractivity contribution in [1.82, 2.24) is 0 Å². The van der Waals surface area contributed by atoms with E-state index in [1.165, 1.54) is 6.26 Å². The summed E-state index contributed by atoms with van der Waals surface area (Å²) in [5.41, 5.74) is 0.530. The molecule has 0 fully saturated rings. The molecule has 0 aliphatic rings. The summed E-state index contributed by atoms with van der Waals surface area (Å²) >= 11 is 11.5. The number of fused-ring (bicyclic) bond motifs is 1. The van der Waals surface area contributed by atoms with E-state index in [-0.39, 0.29) is 5.75 Å². The zero-order valence-corrected chi connectivity index (χ0v) is 7.36. The van der Waals surface area contributed by atoms with Crippen molar-refractivity contribution in [2.24, 2.45) is 0 Å². The molecule has 0 spiro atoms. The summed E-state index contributed by atoms with van der Waals surface area (Å²) in [7, 11) is 0. The van der Waals surface area contributed by atoms with E-state index in [0.29, 0.717) is 21.0 Å². The summed E-state index contributed by atoms with van der Waals surface area (Å²) in [6.07, 6.45) is 1.25. The molecule has 1 aromatic heterocycles. The minimum atomic E-state index is 0.0727. The Balaban J connectivity index is 2.87. The van der Waals surface area contributed by atoms with Crippen LogP contribution in [0.1, 0.15) is 0 Å². The lowest BCUT2D eigenvalue weighted by Gasteiger charge is -1.93. The molecule has 1 aromatic carbocycles. The smallest absolute Gasteiger partial charge is 0.161 e. The first kappa shape index (κ1) is 7.77. The number of aromatic hydroxyl groups is 1. The molecule has 2 rings (SSSR count). The van der Waals surface area contributed by atoms with E-state index in [9.17, 15) is 5.11 Å². The van der Waals surface area contributed by atoms with E-state index in [1.807, 2.05) is 0 Å². The second-order valence-electron chi connectivity index (χ2n) is 2.38. The predicted octanol–water partition coefficient (Wildman–Crippen LogP) is 3.45. The third-order valence-corrected chi connectivity index (χ3v) is 2.32. The molecule has 62 valence electrons. The van der Waals surface area contributed by atoms with Crippen molar-refractivity contribution < 1.29 is 9.52 Å². The van der Waals surface area contributed by atoms with Gasteiger partial charge in [-0.25, -0.2) is 0 Å². The van der Waals surface area contributed by atoms with Gasteiger partial charge in [-0.2, -0.15) is 0 Å². The fourth-order valence-corrected chi connectivity index (χ4v) is 1.33. The van der Waals surface area contributed by atoms with Crippen LogP contribution in [0.2, 0.25) is 10.0 Å². The highest BCUT2D eigenvalue weighted by Crippen LogP contribution is 2.33. The Morgan fingerprint density at radius 2 is 1.83 bits per heavy atom. The zero-order chi connectivity index (χ0) is 8.72. The molecule has 1 heterocycles. The third-order valence-electron chi connectivity index (χ3n) is 1.60. The number of furan rings is 1. The van der Waals surface area contributed by atoms with E-state index in [2.05, 4.69) is 0 Å². The minimum absolute atomic E-state index is 0.0727. The van der Waals surface area contributed by atoms with Crippen LogP contribution in [-0.2, 0) is 0 Å². The maximum absolute atomic E-state index is 9.23. The fraction of sp³-hybridized carbons (Fsp3) is 0. The largest absolute Gasteiger partial charge is 0.504 e. The molecule has 0 bridgehead atoms. The van der Waals surface area contributed by atoms with E-state index in [0.717, 1.165) is 0 Å². The summed E-state index contributed by atoms with van der Waals surface area (Å²) in [6.45, 7) is 0. The maximum Gasteiger partial charge on any atom is 0.161 e. The molecule has 0 saturated heterocycles. The van der Waals surface area contributed by atoms with Crippen LogP contribution in [0.4, 0.5) is 0 Å². The minimum Gasteiger partial charge on any atom is -0.504 e. The van der Waals surface area contributed by atoms with Crippen molar-refractivity contribution in [3.8, 4) is 5.75 Å². The lowest BCUT2D eigenvalue weighted by molar-refractivity contribution is 0.464. The van der Waals surface area contributed by atoms with Crippen LogP contribution in [-0.4, -0.2) is 5.11 Å². The van der Waals surface area contributed by atoms with Crippen molar-refractivity contribution in [1.29, 1.82) is 0 Å². The van der Waals surface area contributed by atoms with Gasteiger partial charge in [-0.15, -0.1) is 0 Å². The molecule has 0 aliphatic heterocycles. The summed E-state index contributed by atoms with van der Waals surface area (Å²) in [4.78, 5) is 0. The number of halogens is 2. The molecule has 12 heavy (non-hydrogen) atoms. The fourth-order valence-electron chi connectivity index (χ4n) is 1.01. The Bertz CT molecular complexity index is 434. The molecular formula is C8H4Cl2O2. The second-order valence-corrected chi connectivity index (χ2v) is 3.20. The summed E-state index contributed by atoms with van der Waals surface area (Å²) in [6, 6.07) is 3.14. The van der Waals surface area contributed by atoms with E-state index < -0.39 is 0 Å². The molecule has 0 unspecified atom stereocenters. The van der Waals surface area contributed by atoms with Crippen LogP contribution in [0, 0.1) is 0 Å². The number of benzene rings is 1. The Morgan fingerprint density at radius 3 is 2.58 bits per heavy atom. The average Bonchev–Trinajstić information content (AvgIpc) is 2.35. The van der Waals surface area contributed by atoms with Crippen LogP contribution < -0.4 is 0 Å².